The van der Waals surface area contributed by atoms with Crippen LogP contribution in [0.2, 0.25) is 0 Å². The smallest absolute Gasteiger partial charge is 0.121 e. The van der Waals surface area contributed by atoms with Crippen molar-refractivity contribution in [2.24, 2.45) is 0 Å². The molecular weight excluding hydrogens is 137 g/mol. The minimum atomic E-state index is -1.05. The normalized spacial score (nSPS) is 29.0. The summed E-state index contributed by atoms with van der Waals surface area (Å²) < 4.78 is 13.0. The van der Waals surface area contributed by atoms with Gasteiger partial charge in [-0.1, -0.05) is 0 Å². The highest BCUT2D eigenvalue weighted by Gasteiger charge is 2.31. The maximum atomic E-state index is 13.0. The Kier molecular flexibility index (Phi) is 2.01. The molecule has 1 nitrogen and oxygen atoms in total. The Morgan fingerprint density at radius 3 is 2.56 bits per heavy atom. The number of hydrogen-bond acceptors (Lipinski definition) is 2. The lowest BCUT2D eigenvalue weighted by Gasteiger charge is -2.21. The largest absolute Gasteiger partial charge is 0.301 e. The van der Waals surface area contributed by atoms with Gasteiger partial charge in [0.05, 0.1) is 6.04 Å². The van der Waals surface area contributed by atoms with Crippen LogP contribution in [-0.2, 0) is 0 Å². The first-order chi connectivity index (χ1) is 4.11. The SMILES string of the molecule is CC(C)(F)C1CSCN1. The Bertz CT molecular complexity index is 93.7. The van der Waals surface area contributed by atoms with Gasteiger partial charge in [0.2, 0.25) is 0 Å². The molecule has 54 valence electrons. The molecule has 0 aromatic rings. The third-order valence-electron chi connectivity index (χ3n) is 1.54. The summed E-state index contributed by atoms with van der Waals surface area (Å²) in [5, 5.41) is 3.08. The van der Waals surface area contributed by atoms with Gasteiger partial charge >= 0.3 is 0 Å². The molecule has 1 aliphatic heterocycles. The molecule has 1 rings (SSSR count). The van der Waals surface area contributed by atoms with Gasteiger partial charge in [-0.05, 0) is 13.8 Å². The maximum Gasteiger partial charge on any atom is 0.121 e. The molecule has 1 aliphatic rings. The number of hydrogen-bond donors (Lipinski definition) is 1. The standard InChI is InChI=1S/C6H12FNS/c1-6(2,7)5-3-9-4-8-5/h5,8H,3-4H2,1-2H3. The van der Waals surface area contributed by atoms with E-state index in [4.69, 9.17) is 0 Å². The number of alkyl halides is 1. The molecule has 0 spiro atoms. The zero-order valence-corrected chi connectivity index (χ0v) is 6.59. The summed E-state index contributed by atoms with van der Waals surface area (Å²) >= 11 is 1.76. The fraction of sp³-hybridized carbons (Fsp3) is 1.00. The minimum absolute atomic E-state index is 0.0579. The van der Waals surface area contributed by atoms with Crippen LogP contribution < -0.4 is 5.32 Å². The number of nitrogens with one attached hydrogen (secondary N) is 1. The fourth-order valence-corrected chi connectivity index (χ4v) is 2.02. The van der Waals surface area contributed by atoms with Crippen molar-refractivity contribution in [2.75, 3.05) is 11.6 Å². The highest BCUT2D eigenvalue weighted by Crippen LogP contribution is 2.22. The molecule has 1 atom stereocenters. The van der Waals surface area contributed by atoms with Crippen LogP contribution in [0.15, 0.2) is 0 Å². The predicted molar refractivity (Wildman–Crippen MR) is 39.4 cm³/mol. The molecule has 0 saturated carbocycles. The molecule has 1 saturated heterocycles. The molecule has 9 heavy (non-hydrogen) atoms. The fourth-order valence-electron chi connectivity index (χ4n) is 0.836. The topological polar surface area (TPSA) is 12.0 Å². The average Bonchev–Trinajstić information content (AvgIpc) is 2.08. The molecule has 0 aromatic heterocycles. The lowest BCUT2D eigenvalue weighted by atomic mass is 10.0. The summed E-state index contributed by atoms with van der Waals surface area (Å²) in [7, 11) is 0. The summed E-state index contributed by atoms with van der Waals surface area (Å²) in [6.07, 6.45) is 0. The average molecular weight is 149 g/mol. The summed E-state index contributed by atoms with van der Waals surface area (Å²) in [6, 6.07) is 0.0579. The van der Waals surface area contributed by atoms with E-state index in [0.717, 1.165) is 11.6 Å². The molecule has 0 bridgehead atoms. The van der Waals surface area contributed by atoms with Gasteiger partial charge in [0.25, 0.3) is 0 Å². The lowest BCUT2D eigenvalue weighted by molar-refractivity contribution is 0.169. The Morgan fingerprint density at radius 1 is 1.67 bits per heavy atom. The van der Waals surface area contributed by atoms with Gasteiger partial charge in [0.1, 0.15) is 5.67 Å². The molecular formula is C6H12FNS. The predicted octanol–water partition coefficient (Wildman–Crippen LogP) is 1.40. The van der Waals surface area contributed by atoms with Gasteiger partial charge in [-0.25, -0.2) is 4.39 Å². The maximum absolute atomic E-state index is 13.0. The first-order valence-electron chi connectivity index (χ1n) is 3.11. The van der Waals surface area contributed by atoms with Gasteiger partial charge in [0.15, 0.2) is 0 Å². The van der Waals surface area contributed by atoms with E-state index < -0.39 is 5.67 Å². The van der Waals surface area contributed by atoms with Crippen LogP contribution in [-0.4, -0.2) is 23.3 Å². The van der Waals surface area contributed by atoms with Gasteiger partial charge in [-0.15, -0.1) is 11.8 Å². The Hall–Kier alpha value is 0.240. The van der Waals surface area contributed by atoms with Crippen molar-refractivity contribution in [3.05, 3.63) is 0 Å². The van der Waals surface area contributed by atoms with Gasteiger partial charge in [-0.3, -0.25) is 0 Å². The van der Waals surface area contributed by atoms with Crippen molar-refractivity contribution >= 4 is 11.8 Å². The summed E-state index contributed by atoms with van der Waals surface area (Å²) in [4.78, 5) is 0. The molecule has 0 radical (unpaired) electrons. The van der Waals surface area contributed by atoms with Crippen LogP contribution in [0.3, 0.4) is 0 Å². The van der Waals surface area contributed by atoms with E-state index >= 15 is 0 Å². The van der Waals surface area contributed by atoms with Crippen LogP contribution in [0, 0.1) is 0 Å². The Morgan fingerprint density at radius 2 is 2.33 bits per heavy atom. The summed E-state index contributed by atoms with van der Waals surface area (Å²) in [6.45, 7) is 3.24. The molecule has 0 aliphatic carbocycles. The lowest BCUT2D eigenvalue weighted by Crippen LogP contribution is -2.41. The number of rotatable bonds is 1. The van der Waals surface area contributed by atoms with Crippen molar-refractivity contribution in [1.82, 2.24) is 5.32 Å². The van der Waals surface area contributed by atoms with E-state index in [1.54, 1.807) is 25.6 Å². The van der Waals surface area contributed by atoms with Crippen molar-refractivity contribution in [3.63, 3.8) is 0 Å². The third kappa shape index (κ3) is 1.83. The molecule has 0 amide bonds. The van der Waals surface area contributed by atoms with E-state index in [1.807, 2.05) is 0 Å². The summed E-state index contributed by atoms with van der Waals surface area (Å²) in [5.74, 6) is 1.81. The van der Waals surface area contributed by atoms with Crippen molar-refractivity contribution in [1.29, 1.82) is 0 Å². The van der Waals surface area contributed by atoms with Crippen LogP contribution in [0.4, 0.5) is 4.39 Å². The van der Waals surface area contributed by atoms with Crippen LogP contribution in [0.25, 0.3) is 0 Å². The molecule has 0 aromatic carbocycles. The van der Waals surface area contributed by atoms with Crippen molar-refractivity contribution in [3.8, 4) is 0 Å². The van der Waals surface area contributed by atoms with E-state index in [2.05, 4.69) is 5.32 Å². The quantitative estimate of drug-likeness (QED) is 0.604. The highest BCUT2D eigenvalue weighted by atomic mass is 32.2. The molecule has 3 heteroatoms. The second-order valence-corrected chi connectivity index (χ2v) is 3.87. The van der Waals surface area contributed by atoms with Crippen molar-refractivity contribution in [2.45, 2.75) is 25.6 Å². The summed E-state index contributed by atoms with van der Waals surface area (Å²) in [5.41, 5.74) is -1.05. The van der Waals surface area contributed by atoms with E-state index in [9.17, 15) is 4.39 Å². The van der Waals surface area contributed by atoms with E-state index in [-0.39, 0.29) is 6.04 Å². The molecule has 1 heterocycles. The monoisotopic (exact) mass is 149 g/mol. The van der Waals surface area contributed by atoms with Crippen LogP contribution in [0.5, 0.6) is 0 Å². The molecule has 1 fully saturated rings. The third-order valence-corrected chi connectivity index (χ3v) is 2.48. The van der Waals surface area contributed by atoms with Crippen LogP contribution >= 0.6 is 11.8 Å². The minimum Gasteiger partial charge on any atom is -0.301 e. The van der Waals surface area contributed by atoms with Gasteiger partial charge in [-0.2, -0.15) is 0 Å². The Labute approximate surface area is 59.4 Å². The van der Waals surface area contributed by atoms with Gasteiger partial charge in [0, 0.05) is 11.6 Å². The van der Waals surface area contributed by atoms with Crippen LogP contribution in [0.1, 0.15) is 13.8 Å². The number of halogens is 1. The highest BCUT2D eigenvalue weighted by molar-refractivity contribution is 7.99. The molecule has 1 unspecified atom stereocenters. The number of thioether (sulfide) groups is 1. The second kappa shape index (κ2) is 2.46. The zero-order chi connectivity index (χ0) is 6.91. The zero-order valence-electron chi connectivity index (χ0n) is 5.78. The van der Waals surface area contributed by atoms with Gasteiger partial charge < -0.3 is 5.32 Å². The first kappa shape index (κ1) is 7.35. The van der Waals surface area contributed by atoms with E-state index in [0.29, 0.717) is 0 Å². The molecule has 1 N–H and O–H groups in total. The second-order valence-electron chi connectivity index (χ2n) is 2.84. The first-order valence-corrected chi connectivity index (χ1v) is 4.26. The van der Waals surface area contributed by atoms with E-state index in [1.165, 1.54) is 0 Å². The Balaban J connectivity index is 2.42. The van der Waals surface area contributed by atoms with Crippen molar-refractivity contribution < 1.29 is 4.39 Å².